The van der Waals surface area contributed by atoms with Gasteiger partial charge in [-0.15, -0.1) is 11.6 Å². The lowest BCUT2D eigenvalue weighted by Gasteiger charge is -2.45. The number of nitrogens with one attached hydrogen (secondary N) is 3. The molecule has 4 saturated heterocycles. The normalized spacial score (nSPS) is 30.7. The minimum atomic E-state index is -4.11. The first-order valence-corrected chi connectivity index (χ1v) is 20.9. The fourth-order valence-corrected chi connectivity index (χ4v) is 10.9. The molecule has 4 fully saturated rings. The van der Waals surface area contributed by atoms with Gasteiger partial charge in [0.15, 0.2) is 0 Å². The van der Waals surface area contributed by atoms with Gasteiger partial charge in [-0.2, -0.15) is 17.8 Å². The Hall–Kier alpha value is -4.06. The van der Waals surface area contributed by atoms with Crippen molar-refractivity contribution in [3.05, 3.63) is 72.9 Å². The second-order valence-electron chi connectivity index (χ2n) is 15.2. The molecule has 7 unspecified atom stereocenters. The fourth-order valence-electron chi connectivity index (χ4n) is 9.47. The first-order chi connectivity index (χ1) is 26.6. The van der Waals surface area contributed by atoms with Crippen LogP contribution in [0.25, 0.3) is 22.5 Å². The smallest absolute Gasteiger partial charge is 0.278 e. The van der Waals surface area contributed by atoms with Gasteiger partial charge in [-0.1, -0.05) is 18.2 Å². The molecule has 1 aliphatic carbocycles. The minimum absolute atomic E-state index is 0.0501. The molecular weight excluding hydrogens is 747 g/mol. The highest BCUT2D eigenvalue weighted by Gasteiger charge is 2.53. The fraction of sp³-hybridized carbons (Fsp3) is 0.500. The van der Waals surface area contributed by atoms with Gasteiger partial charge in [-0.05, 0) is 68.3 Å². The first-order valence-electron chi connectivity index (χ1n) is 19.0. The van der Waals surface area contributed by atoms with Crippen molar-refractivity contribution in [2.24, 2.45) is 17.0 Å². The average molecular weight is 793 g/mol. The number of aromatic amines is 1. The van der Waals surface area contributed by atoms with Crippen LogP contribution in [0.15, 0.2) is 67.3 Å². The number of nitrogens with zero attached hydrogens (tertiary/aromatic N) is 6. The molecule has 3 aromatic rings. The summed E-state index contributed by atoms with van der Waals surface area (Å²) in [5, 5.41) is 20.0. The van der Waals surface area contributed by atoms with Crippen LogP contribution in [0.5, 0.6) is 0 Å². The maximum atomic E-state index is 16.4. The number of aromatic nitrogens is 4. The lowest BCUT2D eigenvalue weighted by molar-refractivity contribution is -0.152. The number of halogens is 2. The van der Waals surface area contributed by atoms with Gasteiger partial charge in [0.05, 0.1) is 29.0 Å². The third-order valence-corrected chi connectivity index (χ3v) is 13.7. The molecule has 7 atom stereocenters. The van der Waals surface area contributed by atoms with Gasteiger partial charge >= 0.3 is 0 Å². The third kappa shape index (κ3) is 7.12. The van der Waals surface area contributed by atoms with Crippen LogP contribution in [0.3, 0.4) is 0 Å². The molecule has 2 amide bonds. The van der Waals surface area contributed by atoms with Crippen molar-refractivity contribution in [1.29, 1.82) is 0 Å². The summed E-state index contributed by atoms with van der Waals surface area (Å²) in [4.78, 5) is 39.2. The Morgan fingerprint density at radius 2 is 1.87 bits per heavy atom. The van der Waals surface area contributed by atoms with Crippen molar-refractivity contribution in [3.63, 3.8) is 0 Å². The van der Waals surface area contributed by atoms with E-state index in [9.17, 15) is 18.0 Å². The molecule has 17 heteroatoms. The summed E-state index contributed by atoms with van der Waals surface area (Å²) >= 11 is 6.52. The lowest BCUT2D eigenvalue weighted by Crippen LogP contribution is -2.59. The number of amides is 2. The molecule has 5 aliphatic rings. The van der Waals surface area contributed by atoms with Crippen LogP contribution in [0.4, 0.5) is 10.1 Å². The van der Waals surface area contributed by atoms with Crippen LogP contribution in [0.2, 0.25) is 0 Å². The molecule has 0 aromatic carbocycles. The highest BCUT2D eigenvalue weighted by atomic mass is 35.5. The van der Waals surface area contributed by atoms with E-state index in [0.717, 1.165) is 60.1 Å². The topological polar surface area (TPSA) is 183 Å². The number of piperazine rings is 1. The van der Waals surface area contributed by atoms with E-state index < -0.39 is 33.2 Å². The molecule has 0 radical (unpaired) electrons. The summed E-state index contributed by atoms with van der Waals surface area (Å²) in [6.45, 7) is 3.64. The summed E-state index contributed by atoms with van der Waals surface area (Å²) in [5.41, 5.74) is 2.12. The van der Waals surface area contributed by atoms with E-state index >= 15 is 4.39 Å². The number of anilines is 1. The number of pyridine rings is 2. The number of carbonyl (C=O) groups is 2. The van der Waals surface area contributed by atoms with Crippen LogP contribution >= 0.6 is 11.6 Å². The van der Waals surface area contributed by atoms with Gasteiger partial charge in [0.2, 0.25) is 11.8 Å². The number of rotatable bonds is 9. The minimum Gasteiger partial charge on any atom is -0.365 e. The van der Waals surface area contributed by atoms with Gasteiger partial charge in [-0.3, -0.25) is 29.6 Å². The Morgan fingerprint density at radius 3 is 2.65 bits per heavy atom. The summed E-state index contributed by atoms with van der Waals surface area (Å²) in [6, 6.07) is 5.68. The van der Waals surface area contributed by atoms with E-state index in [2.05, 4.69) is 30.7 Å². The van der Waals surface area contributed by atoms with E-state index in [1.54, 1.807) is 41.7 Å². The Labute approximate surface area is 325 Å². The third-order valence-electron chi connectivity index (χ3n) is 12.1. The van der Waals surface area contributed by atoms with E-state index in [4.69, 9.17) is 21.7 Å². The molecular formula is C38H46ClFN10O4S. The SMILES string of the molecule is NS(=O)(=O)N1CC(C2(c3cn[nH]c3-c3ccnc(-c4cnccc4N4CCNCC4CC4CCNCC4N4C(=O)CCCC4=O)c3)C=CC=CC2F)CC1Cl. The van der Waals surface area contributed by atoms with Crippen LogP contribution < -0.4 is 20.7 Å². The molecule has 3 aromatic heterocycles. The highest BCUT2D eigenvalue weighted by Crippen LogP contribution is 2.50. The zero-order chi connectivity index (χ0) is 38.3. The van der Waals surface area contributed by atoms with E-state index in [-0.39, 0.29) is 42.8 Å². The summed E-state index contributed by atoms with van der Waals surface area (Å²) in [5.74, 6) is -0.538. The van der Waals surface area contributed by atoms with Gasteiger partial charge in [0.1, 0.15) is 11.7 Å². The summed E-state index contributed by atoms with van der Waals surface area (Å²) in [7, 11) is -4.11. The molecule has 55 heavy (non-hydrogen) atoms. The van der Waals surface area contributed by atoms with Crippen LogP contribution in [0.1, 0.15) is 44.1 Å². The Bertz CT molecular complexity index is 2080. The van der Waals surface area contributed by atoms with Crippen LogP contribution in [-0.4, -0.2) is 113 Å². The van der Waals surface area contributed by atoms with Crippen molar-refractivity contribution < 1.29 is 22.4 Å². The van der Waals surface area contributed by atoms with E-state index in [1.165, 1.54) is 6.08 Å². The van der Waals surface area contributed by atoms with Crippen LogP contribution in [-0.2, 0) is 25.2 Å². The van der Waals surface area contributed by atoms with Gasteiger partial charge in [-0.25, -0.2) is 9.53 Å². The molecule has 292 valence electrons. The number of nitrogens with two attached hydrogens (primary N) is 1. The monoisotopic (exact) mass is 792 g/mol. The molecule has 5 N–H and O–H groups in total. The van der Waals surface area contributed by atoms with Gasteiger partial charge in [0, 0.05) is 92.6 Å². The van der Waals surface area contributed by atoms with E-state index in [1.807, 2.05) is 24.4 Å². The predicted molar refractivity (Wildman–Crippen MR) is 207 cm³/mol. The molecule has 0 saturated carbocycles. The number of H-pyrrole nitrogens is 1. The van der Waals surface area contributed by atoms with Crippen molar-refractivity contribution in [1.82, 2.24) is 40.0 Å². The molecule has 4 aliphatic heterocycles. The number of imide groups is 1. The van der Waals surface area contributed by atoms with Crippen molar-refractivity contribution in [3.8, 4) is 22.5 Å². The summed E-state index contributed by atoms with van der Waals surface area (Å²) in [6.07, 6.45) is 15.3. The summed E-state index contributed by atoms with van der Waals surface area (Å²) < 4.78 is 42.3. The predicted octanol–water partition coefficient (Wildman–Crippen LogP) is 3.01. The van der Waals surface area contributed by atoms with Crippen LogP contribution in [0, 0.1) is 11.8 Å². The number of likely N-dealkylation sites (tertiary alicyclic amines) is 1. The molecule has 7 heterocycles. The van der Waals surface area contributed by atoms with Gasteiger partial charge in [0.25, 0.3) is 10.2 Å². The van der Waals surface area contributed by atoms with E-state index in [0.29, 0.717) is 42.8 Å². The number of hydrogen-bond donors (Lipinski definition) is 4. The second kappa shape index (κ2) is 15.5. The van der Waals surface area contributed by atoms with Gasteiger partial charge < -0.3 is 15.5 Å². The van der Waals surface area contributed by atoms with Crippen molar-refractivity contribution in [2.45, 2.75) is 67.7 Å². The Balaban J connectivity index is 1.11. The lowest BCUT2D eigenvalue weighted by atomic mass is 9.64. The number of piperidine rings is 2. The van der Waals surface area contributed by atoms with Crippen molar-refractivity contribution >= 4 is 39.3 Å². The van der Waals surface area contributed by atoms with Crippen molar-refractivity contribution in [2.75, 3.05) is 44.2 Å². The largest absolute Gasteiger partial charge is 0.365 e. The molecule has 8 rings (SSSR count). The molecule has 0 spiro atoms. The second-order valence-corrected chi connectivity index (χ2v) is 17.2. The quantitative estimate of drug-likeness (QED) is 0.143. The number of allylic oxidation sites excluding steroid dienone is 4. The Morgan fingerprint density at radius 1 is 1.05 bits per heavy atom. The first kappa shape index (κ1) is 37.8. The number of carbonyl (C=O) groups excluding carboxylic acids is 2. The zero-order valence-corrected chi connectivity index (χ0v) is 31.9. The molecule has 0 bridgehead atoms. The maximum absolute atomic E-state index is 16.4. The molecule has 14 nitrogen and oxygen atoms in total. The maximum Gasteiger partial charge on any atom is 0.278 e. The average Bonchev–Trinajstić information content (AvgIpc) is 3.84. The number of hydrogen-bond acceptors (Lipinski definition) is 10. The zero-order valence-electron chi connectivity index (χ0n) is 30.4. The Kier molecular flexibility index (Phi) is 10.6. The number of alkyl halides is 2. The standard InChI is InChI=1S/C38H46ClFN10O4S/c39-34-18-26(23-49(34)55(41,53)54)38(10-2-1-4-33(38)40)29-21-46-47-37(29)25-8-13-45-30(17-25)28-20-42-12-9-31(28)48-15-14-44-19-27(48)16-24-7-11-43-22-32(24)50-35(51)5-3-6-36(50)52/h1-2,4,8-10,12-13,17,20-21,24,26-27,32-34,43-44H,3,5-7,11,14-16,18-19,22-23H2,(H,46,47)(H2,41,53,54). The highest BCUT2D eigenvalue weighted by molar-refractivity contribution is 7.86.